The number of nitrogens with zero attached hydrogens (tertiary/aromatic N) is 1. The maximum absolute atomic E-state index is 5.81. The van der Waals surface area contributed by atoms with Gasteiger partial charge in [0.2, 0.25) is 0 Å². The molecular formula is C13H17N3. The first-order valence-electron chi connectivity index (χ1n) is 5.09. The van der Waals surface area contributed by atoms with Crippen molar-refractivity contribution < 1.29 is 0 Å². The highest BCUT2D eigenvalue weighted by atomic mass is 14.9. The van der Waals surface area contributed by atoms with Crippen LogP contribution in [0.15, 0.2) is 53.7 Å². The highest BCUT2D eigenvalue weighted by molar-refractivity contribution is 6.02. The van der Waals surface area contributed by atoms with Crippen LogP contribution in [-0.2, 0) is 0 Å². The van der Waals surface area contributed by atoms with Gasteiger partial charge in [0.15, 0.2) is 0 Å². The van der Waals surface area contributed by atoms with Crippen molar-refractivity contribution in [2.45, 2.75) is 6.92 Å². The van der Waals surface area contributed by atoms with Crippen LogP contribution in [0.4, 0.5) is 5.69 Å². The molecule has 1 aromatic rings. The summed E-state index contributed by atoms with van der Waals surface area (Å²) in [4.78, 5) is 3.98. The van der Waals surface area contributed by atoms with Gasteiger partial charge in [0.05, 0.1) is 0 Å². The van der Waals surface area contributed by atoms with Crippen molar-refractivity contribution >= 4 is 11.5 Å². The Morgan fingerprint density at radius 2 is 2.12 bits per heavy atom. The van der Waals surface area contributed by atoms with Gasteiger partial charge in [0, 0.05) is 24.0 Å². The minimum atomic E-state index is 0.511. The predicted molar refractivity (Wildman–Crippen MR) is 70.7 cm³/mol. The fourth-order valence-corrected chi connectivity index (χ4v) is 1.35. The number of hydrogen-bond acceptors (Lipinski definition) is 2. The zero-order valence-electron chi connectivity index (χ0n) is 9.70. The number of rotatable bonds is 4. The fourth-order valence-electron chi connectivity index (χ4n) is 1.35. The Kier molecular flexibility index (Phi) is 4.33. The molecule has 3 N–H and O–H groups in total. The molecule has 1 aromatic carbocycles. The molecule has 0 unspecified atom stereocenters. The van der Waals surface area contributed by atoms with Gasteiger partial charge in [-0.2, -0.15) is 0 Å². The molecule has 3 heteroatoms. The average Bonchev–Trinajstić information content (AvgIpc) is 2.29. The molecule has 0 amide bonds. The first kappa shape index (κ1) is 12.0. The minimum absolute atomic E-state index is 0.511. The van der Waals surface area contributed by atoms with Crippen LogP contribution in [-0.4, -0.2) is 12.9 Å². The lowest BCUT2D eigenvalue weighted by Crippen LogP contribution is -2.15. The molecule has 0 aromatic heterocycles. The molecule has 0 aliphatic carbocycles. The molecule has 0 aliphatic heterocycles. The topological polar surface area (TPSA) is 50.4 Å². The number of hydrogen-bond donors (Lipinski definition) is 2. The first-order chi connectivity index (χ1) is 7.69. The van der Waals surface area contributed by atoms with Crippen molar-refractivity contribution in [2.24, 2.45) is 10.7 Å². The van der Waals surface area contributed by atoms with Gasteiger partial charge in [0.25, 0.3) is 0 Å². The van der Waals surface area contributed by atoms with Crippen LogP contribution in [0, 0.1) is 0 Å². The SMILES string of the molecule is C=C(/C=C/C)Nc1ccccc1C(N)=NC. The standard InChI is InChI=1S/C13H17N3/c1-4-7-10(2)16-12-9-6-5-8-11(12)13(14)15-3/h4-9,16H,2H2,1,3H3,(H2,14,15)/b7-4+. The number of amidine groups is 1. The second-order valence-corrected chi connectivity index (χ2v) is 3.30. The van der Waals surface area contributed by atoms with Crippen molar-refractivity contribution in [3.8, 4) is 0 Å². The maximum Gasteiger partial charge on any atom is 0.127 e. The first-order valence-corrected chi connectivity index (χ1v) is 5.09. The molecule has 0 atom stereocenters. The molecule has 0 fully saturated rings. The summed E-state index contributed by atoms with van der Waals surface area (Å²) in [5.74, 6) is 0.511. The normalized spacial score (nSPS) is 11.8. The Balaban J connectivity index is 3.00. The van der Waals surface area contributed by atoms with Crippen LogP contribution < -0.4 is 11.1 Å². The average molecular weight is 215 g/mol. The summed E-state index contributed by atoms with van der Waals surface area (Å²) in [6.07, 6.45) is 3.82. The van der Waals surface area contributed by atoms with Crippen LogP contribution in [0.1, 0.15) is 12.5 Å². The van der Waals surface area contributed by atoms with Gasteiger partial charge in [-0.05, 0) is 25.1 Å². The number of nitrogens with two attached hydrogens (primary N) is 1. The summed E-state index contributed by atoms with van der Waals surface area (Å²) >= 11 is 0. The Labute approximate surface area is 96.4 Å². The lowest BCUT2D eigenvalue weighted by molar-refractivity contribution is 1.38. The van der Waals surface area contributed by atoms with Crippen LogP contribution in [0.5, 0.6) is 0 Å². The van der Waals surface area contributed by atoms with E-state index in [-0.39, 0.29) is 0 Å². The van der Waals surface area contributed by atoms with Crippen LogP contribution >= 0.6 is 0 Å². The van der Waals surface area contributed by atoms with Gasteiger partial charge < -0.3 is 11.1 Å². The number of benzene rings is 1. The van der Waals surface area contributed by atoms with E-state index in [1.165, 1.54) is 0 Å². The van der Waals surface area contributed by atoms with Crippen molar-refractivity contribution in [1.29, 1.82) is 0 Å². The molecule has 84 valence electrons. The summed E-state index contributed by atoms with van der Waals surface area (Å²) in [7, 11) is 1.67. The Morgan fingerprint density at radius 3 is 2.75 bits per heavy atom. The van der Waals surface area contributed by atoms with E-state index in [4.69, 9.17) is 5.73 Å². The summed E-state index contributed by atoms with van der Waals surface area (Å²) in [6, 6.07) is 7.74. The molecule has 3 nitrogen and oxygen atoms in total. The van der Waals surface area contributed by atoms with Crippen molar-refractivity contribution in [2.75, 3.05) is 12.4 Å². The largest absolute Gasteiger partial charge is 0.383 e. The Bertz CT molecular complexity index is 431. The highest BCUT2D eigenvalue weighted by Gasteiger charge is 2.04. The molecule has 16 heavy (non-hydrogen) atoms. The van der Waals surface area contributed by atoms with Gasteiger partial charge in [-0.25, -0.2) is 0 Å². The zero-order valence-corrected chi connectivity index (χ0v) is 9.70. The van der Waals surface area contributed by atoms with Crippen molar-refractivity contribution in [3.63, 3.8) is 0 Å². The van der Waals surface area contributed by atoms with E-state index in [1.54, 1.807) is 7.05 Å². The third-order valence-electron chi connectivity index (χ3n) is 2.11. The molecule has 0 bridgehead atoms. The number of allylic oxidation sites excluding steroid dienone is 2. The van der Waals surface area contributed by atoms with E-state index in [0.29, 0.717) is 5.84 Å². The third kappa shape index (κ3) is 2.98. The van der Waals surface area contributed by atoms with Gasteiger partial charge in [-0.3, -0.25) is 4.99 Å². The van der Waals surface area contributed by atoms with E-state index < -0.39 is 0 Å². The van der Waals surface area contributed by atoms with Crippen LogP contribution in [0.2, 0.25) is 0 Å². The van der Waals surface area contributed by atoms with Gasteiger partial charge >= 0.3 is 0 Å². The zero-order chi connectivity index (χ0) is 12.0. The second kappa shape index (κ2) is 5.75. The van der Waals surface area contributed by atoms with Gasteiger partial charge in [-0.1, -0.05) is 24.8 Å². The monoisotopic (exact) mass is 215 g/mol. The molecule has 1 rings (SSSR count). The Morgan fingerprint density at radius 1 is 1.44 bits per heavy atom. The Hall–Kier alpha value is -2.03. The summed E-state index contributed by atoms with van der Waals surface area (Å²) < 4.78 is 0. The van der Waals surface area contributed by atoms with Crippen molar-refractivity contribution in [3.05, 3.63) is 54.3 Å². The van der Waals surface area contributed by atoms with E-state index in [0.717, 1.165) is 16.9 Å². The lowest BCUT2D eigenvalue weighted by Gasteiger charge is -2.11. The number of aliphatic imine (C=N–C) groups is 1. The van der Waals surface area contributed by atoms with Crippen LogP contribution in [0.25, 0.3) is 0 Å². The predicted octanol–water partition coefficient (Wildman–Crippen LogP) is 2.52. The summed E-state index contributed by atoms with van der Waals surface area (Å²) in [6.45, 7) is 5.83. The van der Waals surface area contributed by atoms with E-state index in [1.807, 2.05) is 43.3 Å². The number of nitrogens with one attached hydrogen (secondary N) is 1. The molecule has 0 radical (unpaired) electrons. The summed E-state index contributed by atoms with van der Waals surface area (Å²) in [5, 5.41) is 3.18. The third-order valence-corrected chi connectivity index (χ3v) is 2.11. The molecule has 0 heterocycles. The van der Waals surface area contributed by atoms with Crippen LogP contribution in [0.3, 0.4) is 0 Å². The summed E-state index contributed by atoms with van der Waals surface area (Å²) in [5.41, 5.74) is 8.42. The smallest absolute Gasteiger partial charge is 0.127 e. The van der Waals surface area contributed by atoms with E-state index >= 15 is 0 Å². The van der Waals surface area contributed by atoms with E-state index in [9.17, 15) is 0 Å². The molecular weight excluding hydrogens is 198 g/mol. The fraction of sp³-hybridized carbons (Fsp3) is 0.154. The van der Waals surface area contributed by atoms with Gasteiger partial charge in [-0.15, -0.1) is 0 Å². The van der Waals surface area contributed by atoms with Gasteiger partial charge in [0.1, 0.15) is 5.84 Å². The maximum atomic E-state index is 5.81. The molecule has 0 saturated heterocycles. The molecule has 0 spiro atoms. The molecule has 0 aliphatic rings. The quantitative estimate of drug-likeness (QED) is 0.460. The minimum Gasteiger partial charge on any atom is -0.383 e. The molecule has 0 saturated carbocycles. The second-order valence-electron chi connectivity index (χ2n) is 3.30. The highest BCUT2D eigenvalue weighted by Crippen LogP contribution is 2.16. The lowest BCUT2D eigenvalue weighted by atomic mass is 10.1. The number of anilines is 1. The van der Waals surface area contributed by atoms with E-state index in [2.05, 4.69) is 16.9 Å². The number of para-hydroxylation sites is 1. The van der Waals surface area contributed by atoms with Crippen molar-refractivity contribution in [1.82, 2.24) is 0 Å².